The number of carboxylic acid groups (broad SMARTS) is 1. The van der Waals surface area contributed by atoms with Gasteiger partial charge in [-0.3, -0.25) is 0 Å². The number of aromatic carboxylic acids is 1. The summed E-state index contributed by atoms with van der Waals surface area (Å²) in [4.78, 5) is 11.4. The van der Waals surface area contributed by atoms with E-state index < -0.39 is 5.97 Å². The fourth-order valence-electron chi connectivity index (χ4n) is 2.35. The number of ether oxygens (including phenoxy) is 1. The fourth-order valence-corrected chi connectivity index (χ4v) is 2.35. The zero-order valence-corrected chi connectivity index (χ0v) is 13.5. The lowest BCUT2D eigenvalue weighted by Gasteiger charge is -2.24. The van der Waals surface area contributed by atoms with Crippen molar-refractivity contribution in [3.05, 3.63) is 64.7 Å². The molecular formula is C19H22O3. The van der Waals surface area contributed by atoms with Crippen molar-refractivity contribution >= 4 is 5.97 Å². The Morgan fingerprint density at radius 1 is 1.14 bits per heavy atom. The molecule has 2 aromatic carbocycles. The summed E-state index contributed by atoms with van der Waals surface area (Å²) in [5.74, 6) is -0.156. The number of hydrogen-bond donors (Lipinski definition) is 1. The maximum Gasteiger partial charge on any atom is 0.335 e. The molecule has 3 nitrogen and oxygen atoms in total. The van der Waals surface area contributed by atoms with Crippen LogP contribution in [0.15, 0.2) is 42.5 Å². The maximum absolute atomic E-state index is 11.4. The van der Waals surface area contributed by atoms with E-state index in [0.29, 0.717) is 17.7 Å². The van der Waals surface area contributed by atoms with Gasteiger partial charge in [0.25, 0.3) is 0 Å². The van der Waals surface area contributed by atoms with Gasteiger partial charge in [0, 0.05) is 5.56 Å². The Labute approximate surface area is 131 Å². The third-order valence-electron chi connectivity index (χ3n) is 3.60. The summed E-state index contributed by atoms with van der Waals surface area (Å²) < 4.78 is 5.97. The van der Waals surface area contributed by atoms with Crippen LogP contribution in [-0.4, -0.2) is 11.1 Å². The summed E-state index contributed by atoms with van der Waals surface area (Å²) in [6.07, 6.45) is 0. The molecule has 0 heterocycles. The van der Waals surface area contributed by atoms with Gasteiger partial charge in [0.05, 0.1) is 5.56 Å². The standard InChI is InChI=1S/C19H22O3/c1-13-10-17(22-12-14-8-6-5-7-9-14)16(19(2,3)4)11-15(13)18(20)21/h5-11H,12H2,1-4H3,(H,20,21). The van der Waals surface area contributed by atoms with E-state index in [1.165, 1.54) is 0 Å². The smallest absolute Gasteiger partial charge is 0.335 e. The van der Waals surface area contributed by atoms with Crippen LogP contribution in [-0.2, 0) is 12.0 Å². The van der Waals surface area contributed by atoms with Crippen molar-refractivity contribution in [3.8, 4) is 5.75 Å². The molecule has 0 aliphatic rings. The molecule has 2 aromatic rings. The van der Waals surface area contributed by atoms with E-state index in [2.05, 4.69) is 20.8 Å². The Balaban J connectivity index is 2.37. The van der Waals surface area contributed by atoms with Crippen molar-refractivity contribution in [3.63, 3.8) is 0 Å². The molecule has 3 heteroatoms. The first-order valence-electron chi connectivity index (χ1n) is 7.34. The van der Waals surface area contributed by atoms with Crippen molar-refractivity contribution in [1.29, 1.82) is 0 Å². The van der Waals surface area contributed by atoms with Crippen molar-refractivity contribution in [2.75, 3.05) is 0 Å². The van der Waals surface area contributed by atoms with E-state index in [-0.39, 0.29) is 5.41 Å². The van der Waals surface area contributed by atoms with E-state index in [9.17, 15) is 9.90 Å². The molecule has 0 aliphatic heterocycles. The monoisotopic (exact) mass is 298 g/mol. The predicted molar refractivity (Wildman–Crippen MR) is 87.6 cm³/mol. The highest BCUT2D eigenvalue weighted by Crippen LogP contribution is 2.34. The zero-order valence-electron chi connectivity index (χ0n) is 13.5. The number of carboxylic acids is 1. The van der Waals surface area contributed by atoms with Gasteiger partial charge in [-0.05, 0) is 35.6 Å². The third kappa shape index (κ3) is 3.67. The van der Waals surface area contributed by atoms with Crippen LogP contribution in [0.5, 0.6) is 5.75 Å². The molecule has 0 fully saturated rings. The maximum atomic E-state index is 11.4. The first-order valence-corrected chi connectivity index (χ1v) is 7.34. The van der Waals surface area contributed by atoms with Gasteiger partial charge in [-0.1, -0.05) is 51.1 Å². The lowest BCUT2D eigenvalue weighted by Crippen LogP contribution is -2.15. The van der Waals surface area contributed by atoms with Crippen LogP contribution >= 0.6 is 0 Å². The molecule has 1 N–H and O–H groups in total. The molecule has 0 aromatic heterocycles. The second kappa shape index (κ2) is 6.22. The van der Waals surface area contributed by atoms with E-state index in [0.717, 1.165) is 16.9 Å². The fraction of sp³-hybridized carbons (Fsp3) is 0.316. The molecule has 0 saturated carbocycles. The van der Waals surface area contributed by atoms with Crippen LogP contribution in [0.1, 0.15) is 47.8 Å². The second-order valence-electron chi connectivity index (χ2n) is 6.49. The SMILES string of the molecule is Cc1cc(OCc2ccccc2)c(C(C)(C)C)cc1C(=O)O. The molecule has 0 aliphatic carbocycles. The van der Waals surface area contributed by atoms with Gasteiger partial charge in [-0.2, -0.15) is 0 Å². The Morgan fingerprint density at radius 3 is 2.32 bits per heavy atom. The first-order chi connectivity index (χ1) is 10.3. The Hall–Kier alpha value is -2.29. The zero-order chi connectivity index (χ0) is 16.3. The largest absolute Gasteiger partial charge is 0.489 e. The molecule has 0 atom stereocenters. The van der Waals surface area contributed by atoms with Gasteiger partial charge in [-0.15, -0.1) is 0 Å². The van der Waals surface area contributed by atoms with E-state index in [1.807, 2.05) is 36.4 Å². The molecule has 0 radical (unpaired) electrons. The lowest BCUT2D eigenvalue weighted by atomic mass is 9.84. The highest BCUT2D eigenvalue weighted by atomic mass is 16.5. The molecule has 22 heavy (non-hydrogen) atoms. The van der Waals surface area contributed by atoms with Crippen molar-refractivity contribution in [2.45, 2.75) is 39.7 Å². The van der Waals surface area contributed by atoms with Gasteiger partial charge >= 0.3 is 5.97 Å². The highest BCUT2D eigenvalue weighted by molar-refractivity contribution is 5.90. The molecule has 0 amide bonds. The van der Waals surface area contributed by atoms with Crippen molar-refractivity contribution < 1.29 is 14.6 Å². The predicted octanol–water partition coefficient (Wildman–Crippen LogP) is 4.57. The average molecular weight is 298 g/mol. The van der Waals surface area contributed by atoms with Gasteiger partial charge < -0.3 is 9.84 Å². The van der Waals surface area contributed by atoms with Crippen LogP contribution in [0.4, 0.5) is 0 Å². The van der Waals surface area contributed by atoms with E-state index >= 15 is 0 Å². The average Bonchev–Trinajstić information content (AvgIpc) is 2.44. The van der Waals surface area contributed by atoms with Crippen LogP contribution in [0.3, 0.4) is 0 Å². The van der Waals surface area contributed by atoms with Gasteiger partial charge in [0.15, 0.2) is 0 Å². The number of hydrogen-bond acceptors (Lipinski definition) is 2. The van der Waals surface area contributed by atoms with Crippen LogP contribution in [0.2, 0.25) is 0 Å². The molecule has 0 spiro atoms. The number of carbonyl (C=O) groups is 1. The quantitative estimate of drug-likeness (QED) is 0.899. The molecular weight excluding hydrogens is 276 g/mol. The summed E-state index contributed by atoms with van der Waals surface area (Å²) in [6, 6.07) is 13.5. The summed E-state index contributed by atoms with van der Waals surface area (Å²) in [7, 11) is 0. The Kier molecular flexibility index (Phi) is 4.55. The minimum absolute atomic E-state index is 0.191. The van der Waals surface area contributed by atoms with Crippen molar-refractivity contribution in [1.82, 2.24) is 0 Å². The first kappa shape index (κ1) is 16.1. The number of rotatable bonds is 4. The van der Waals surface area contributed by atoms with Crippen LogP contribution in [0.25, 0.3) is 0 Å². The normalized spacial score (nSPS) is 11.3. The minimum Gasteiger partial charge on any atom is -0.489 e. The van der Waals surface area contributed by atoms with E-state index in [1.54, 1.807) is 13.0 Å². The molecule has 0 saturated heterocycles. The van der Waals surface area contributed by atoms with Gasteiger partial charge in [0.1, 0.15) is 12.4 Å². The summed E-state index contributed by atoms with van der Waals surface area (Å²) in [5.41, 5.74) is 2.85. The Bertz CT molecular complexity index is 667. The third-order valence-corrected chi connectivity index (χ3v) is 3.60. The minimum atomic E-state index is -0.905. The summed E-state index contributed by atoms with van der Waals surface area (Å²) in [5, 5.41) is 9.31. The van der Waals surface area contributed by atoms with E-state index in [4.69, 9.17) is 4.74 Å². The van der Waals surface area contributed by atoms with Gasteiger partial charge in [0.2, 0.25) is 0 Å². The topological polar surface area (TPSA) is 46.5 Å². The van der Waals surface area contributed by atoms with Gasteiger partial charge in [-0.25, -0.2) is 4.79 Å². The van der Waals surface area contributed by atoms with Crippen LogP contribution in [0, 0.1) is 6.92 Å². The second-order valence-corrected chi connectivity index (χ2v) is 6.49. The number of benzene rings is 2. The summed E-state index contributed by atoms with van der Waals surface area (Å²) in [6.45, 7) is 8.43. The molecule has 2 rings (SSSR count). The lowest BCUT2D eigenvalue weighted by molar-refractivity contribution is 0.0696. The molecule has 0 unspecified atom stereocenters. The summed E-state index contributed by atoms with van der Waals surface area (Å²) >= 11 is 0. The van der Waals surface area contributed by atoms with Crippen LogP contribution < -0.4 is 4.74 Å². The molecule has 116 valence electrons. The molecule has 0 bridgehead atoms. The highest BCUT2D eigenvalue weighted by Gasteiger charge is 2.22. The number of aryl methyl sites for hydroxylation is 1. The van der Waals surface area contributed by atoms with Crippen molar-refractivity contribution in [2.24, 2.45) is 0 Å². The Morgan fingerprint density at radius 2 is 1.77 bits per heavy atom.